The highest BCUT2D eigenvalue weighted by molar-refractivity contribution is 5.40. The number of nitriles is 2. The molecule has 16 heavy (non-hydrogen) atoms. The zero-order chi connectivity index (χ0) is 12.0. The molecule has 0 heterocycles. The van der Waals surface area contributed by atoms with Crippen LogP contribution in [0.1, 0.15) is 29.5 Å². The number of aliphatic hydroxyl groups is 1. The van der Waals surface area contributed by atoms with Gasteiger partial charge in [-0.3, -0.25) is 0 Å². The molecule has 82 valence electrons. The normalized spacial score (nSPS) is 9.81. The summed E-state index contributed by atoms with van der Waals surface area (Å²) in [6, 6.07) is 9.64. The summed E-state index contributed by atoms with van der Waals surface area (Å²) in [7, 11) is 0. The van der Waals surface area contributed by atoms with Gasteiger partial charge in [-0.25, -0.2) is 0 Å². The minimum absolute atomic E-state index is 0.0315. The van der Waals surface area contributed by atoms with E-state index in [4.69, 9.17) is 15.6 Å². The SMILES string of the molecule is CCc1ccc(C(C#N)C#N)c(CCO)c1. The molecule has 0 aliphatic heterocycles. The molecule has 0 bridgehead atoms. The average Bonchev–Trinajstić information content (AvgIpc) is 2.32. The van der Waals surface area contributed by atoms with Crippen molar-refractivity contribution in [2.45, 2.75) is 25.7 Å². The Balaban J connectivity index is 3.18. The van der Waals surface area contributed by atoms with E-state index in [0.717, 1.165) is 23.1 Å². The molecule has 1 rings (SSSR count). The summed E-state index contributed by atoms with van der Waals surface area (Å²) in [6.45, 7) is 2.08. The van der Waals surface area contributed by atoms with E-state index in [1.807, 2.05) is 37.3 Å². The van der Waals surface area contributed by atoms with Gasteiger partial charge in [-0.2, -0.15) is 10.5 Å². The summed E-state index contributed by atoms with van der Waals surface area (Å²) in [4.78, 5) is 0. The van der Waals surface area contributed by atoms with Gasteiger partial charge < -0.3 is 5.11 Å². The summed E-state index contributed by atoms with van der Waals surface area (Å²) >= 11 is 0. The zero-order valence-electron chi connectivity index (χ0n) is 9.27. The first-order valence-corrected chi connectivity index (χ1v) is 5.28. The van der Waals surface area contributed by atoms with Gasteiger partial charge in [0.1, 0.15) is 0 Å². The summed E-state index contributed by atoms with van der Waals surface area (Å²) < 4.78 is 0. The molecule has 1 N–H and O–H groups in total. The van der Waals surface area contributed by atoms with Crippen LogP contribution in [0.4, 0.5) is 0 Å². The second kappa shape index (κ2) is 5.90. The van der Waals surface area contributed by atoms with Crippen LogP contribution < -0.4 is 0 Å². The number of hydrogen-bond donors (Lipinski definition) is 1. The molecule has 3 nitrogen and oxygen atoms in total. The molecule has 0 fully saturated rings. The molecule has 3 heteroatoms. The molecule has 0 radical (unpaired) electrons. The molecule has 0 unspecified atom stereocenters. The van der Waals surface area contributed by atoms with Crippen molar-refractivity contribution in [1.29, 1.82) is 10.5 Å². The van der Waals surface area contributed by atoms with Crippen molar-refractivity contribution in [2.75, 3.05) is 6.61 Å². The van der Waals surface area contributed by atoms with Crippen LogP contribution >= 0.6 is 0 Å². The van der Waals surface area contributed by atoms with E-state index in [0.29, 0.717) is 6.42 Å². The molecule has 0 saturated carbocycles. The lowest BCUT2D eigenvalue weighted by atomic mass is 9.92. The van der Waals surface area contributed by atoms with Crippen molar-refractivity contribution in [3.63, 3.8) is 0 Å². The van der Waals surface area contributed by atoms with Gasteiger partial charge in [0.2, 0.25) is 0 Å². The smallest absolute Gasteiger partial charge is 0.158 e. The van der Waals surface area contributed by atoms with Crippen LogP contribution in [-0.4, -0.2) is 11.7 Å². The van der Waals surface area contributed by atoms with Gasteiger partial charge in [-0.15, -0.1) is 0 Å². The van der Waals surface area contributed by atoms with Gasteiger partial charge in [-0.05, 0) is 29.5 Å². The maximum atomic E-state index is 8.97. The van der Waals surface area contributed by atoms with Gasteiger partial charge in [0.25, 0.3) is 0 Å². The average molecular weight is 214 g/mol. The molecule has 1 aromatic rings. The van der Waals surface area contributed by atoms with Crippen LogP contribution in [-0.2, 0) is 12.8 Å². The van der Waals surface area contributed by atoms with Crippen molar-refractivity contribution in [3.05, 3.63) is 34.9 Å². The highest BCUT2D eigenvalue weighted by Crippen LogP contribution is 2.21. The van der Waals surface area contributed by atoms with E-state index in [2.05, 4.69) is 0 Å². The Labute approximate surface area is 95.6 Å². The topological polar surface area (TPSA) is 67.8 Å². The van der Waals surface area contributed by atoms with Crippen molar-refractivity contribution >= 4 is 0 Å². The lowest BCUT2D eigenvalue weighted by Gasteiger charge is -2.10. The summed E-state index contributed by atoms with van der Waals surface area (Å²) in [5.74, 6) is -0.743. The van der Waals surface area contributed by atoms with Gasteiger partial charge >= 0.3 is 0 Å². The maximum absolute atomic E-state index is 8.97. The lowest BCUT2D eigenvalue weighted by molar-refractivity contribution is 0.299. The van der Waals surface area contributed by atoms with Crippen molar-refractivity contribution < 1.29 is 5.11 Å². The highest BCUT2D eigenvalue weighted by Gasteiger charge is 2.13. The molecule has 0 aromatic heterocycles. The van der Waals surface area contributed by atoms with Gasteiger partial charge in [0.15, 0.2) is 5.92 Å². The van der Waals surface area contributed by atoms with E-state index >= 15 is 0 Å². The number of benzene rings is 1. The fraction of sp³-hybridized carbons (Fsp3) is 0.385. The van der Waals surface area contributed by atoms with E-state index in [1.54, 1.807) is 0 Å². The Morgan fingerprint density at radius 1 is 1.31 bits per heavy atom. The molecule has 1 aromatic carbocycles. The number of aryl methyl sites for hydroxylation is 1. The number of nitrogens with zero attached hydrogens (tertiary/aromatic N) is 2. The van der Waals surface area contributed by atoms with Crippen LogP contribution in [0, 0.1) is 22.7 Å². The Hall–Kier alpha value is -1.84. The minimum Gasteiger partial charge on any atom is -0.396 e. The predicted octanol–water partition coefficient (Wildman–Crippen LogP) is 1.91. The van der Waals surface area contributed by atoms with Crippen molar-refractivity contribution in [1.82, 2.24) is 0 Å². The fourth-order valence-electron chi connectivity index (χ4n) is 1.67. The first kappa shape index (κ1) is 12.2. The lowest BCUT2D eigenvalue weighted by Crippen LogP contribution is -2.02. The Morgan fingerprint density at radius 3 is 2.50 bits per heavy atom. The Bertz CT molecular complexity index is 426. The van der Waals surface area contributed by atoms with Crippen LogP contribution in [0.15, 0.2) is 18.2 Å². The minimum atomic E-state index is -0.743. The standard InChI is InChI=1S/C13H14N2O/c1-2-10-3-4-13(12(8-14)9-15)11(7-10)5-6-16/h3-4,7,12,16H,2,5-6H2,1H3. The summed E-state index contributed by atoms with van der Waals surface area (Å²) in [5.41, 5.74) is 2.77. The predicted molar refractivity (Wildman–Crippen MR) is 60.6 cm³/mol. The molecular formula is C13H14N2O. The van der Waals surface area contributed by atoms with Gasteiger partial charge in [0, 0.05) is 6.61 Å². The molecule has 0 spiro atoms. The molecule has 0 aliphatic rings. The van der Waals surface area contributed by atoms with E-state index in [-0.39, 0.29) is 6.61 Å². The van der Waals surface area contributed by atoms with Crippen LogP contribution in [0.2, 0.25) is 0 Å². The Kier molecular flexibility index (Phi) is 4.51. The molecule has 0 aliphatic carbocycles. The second-order valence-corrected chi connectivity index (χ2v) is 3.55. The van der Waals surface area contributed by atoms with Crippen LogP contribution in [0.25, 0.3) is 0 Å². The monoisotopic (exact) mass is 214 g/mol. The van der Waals surface area contributed by atoms with E-state index < -0.39 is 5.92 Å². The summed E-state index contributed by atoms with van der Waals surface area (Å²) in [5, 5.41) is 26.7. The number of aliphatic hydroxyl groups excluding tert-OH is 1. The fourth-order valence-corrected chi connectivity index (χ4v) is 1.67. The molecule has 0 atom stereocenters. The summed E-state index contributed by atoms with van der Waals surface area (Å²) in [6.07, 6.45) is 1.39. The van der Waals surface area contributed by atoms with Gasteiger partial charge in [-0.1, -0.05) is 25.1 Å². The van der Waals surface area contributed by atoms with Crippen LogP contribution in [0.5, 0.6) is 0 Å². The third kappa shape index (κ3) is 2.59. The number of rotatable bonds is 4. The van der Waals surface area contributed by atoms with Crippen LogP contribution in [0.3, 0.4) is 0 Å². The van der Waals surface area contributed by atoms with Crippen molar-refractivity contribution in [3.8, 4) is 12.1 Å². The molecule has 0 saturated heterocycles. The maximum Gasteiger partial charge on any atom is 0.158 e. The largest absolute Gasteiger partial charge is 0.396 e. The molecular weight excluding hydrogens is 200 g/mol. The third-order valence-corrected chi connectivity index (χ3v) is 2.57. The van der Waals surface area contributed by atoms with Gasteiger partial charge in [0.05, 0.1) is 12.1 Å². The first-order chi connectivity index (χ1) is 7.76. The zero-order valence-corrected chi connectivity index (χ0v) is 9.27. The van der Waals surface area contributed by atoms with E-state index in [1.165, 1.54) is 0 Å². The molecule has 0 amide bonds. The number of hydrogen-bond acceptors (Lipinski definition) is 3. The first-order valence-electron chi connectivity index (χ1n) is 5.28. The third-order valence-electron chi connectivity index (χ3n) is 2.57. The second-order valence-electron chi connectivity index (χ2n) is 3.55. The van der Waals surface area contributed by atoms with E-state index in [9.17, 15) is 0 Å². The highest BCUT2D eigenvalue weighted by atomic mass is 16.2. The quantitative estimate of drug-likeness (QED) is 0.832. The van der Waals surface area contributed by atoms with Crippen molar-refractivity contribution in [2.24, 2.45) is 0 Å². The Morgan fingerprint density at radius 2 is 2.00 bits per heavy atom.